The number of carbonyl (C=O) groups excluding carboxylic acids is 1. The first-order chi connectivity index (χ1) is 9.54. The molecule has 0 aliphatic carbocycles. The standard InChI is InChI=1S/C11H15FN4O4/c1-8-10(16(18)19)9(7-12)15(13-8)20-11(17)14-5-3-2-4-6-14/h2-7H2,1H3. The van der Waals surface area contributed by atoms with Crippen molar-refractivity contribution < 1.29 is 18.9 Å². The van der Waals surface area contributed by atoms with Crippen molar-refractivity contribution in [1.82, 2.24) is 14.8 Å². The van der Waals surface area contributed by atoms with Gasteiger partial charge in [0.05, 0.1) is 4.92 Å². The third-order valence-corrected chi connectivity index (χ3v) is 3.18. The second-order valence-corrected chi connectivity index (χ2v) is 4.55. The van der Waals surface area contributed by atoms with Crippen LogP contribution < -0.4 is 4.84 Å². The van der Waals surface area contributed by atoms with Crippen LogP contribution in [0.1, 0.15) is 30.7 Å². The molecule has 0 unspecified atom stereocenters. The van der Waals surface area contributed by atoms with Gasteiger partial charge in [-0.2, -0.15) is 0 Å². The van der Waals surface area contributed by atoms with Crippen LogP contribution >= 0.6 is 0 Å². The monoisotopic (exact) mass is 286 g/mol. The van der Waals surface area contributed by atoms with Gasteiger partial charge < -0.3 is 4.90 Å². The summed E-state index contributed by atoms with van der Waals surface area (Å²) in [5.41, 5.74) is -0.814. The lowest BCUT2D eigenvalue weighted by Gasteiger charge is -2.25. The summed E-state index contributed by atoms with van der Waals surface area (Å²) in [6.07, 6.45) is 2.13. The molecule has 1 fully saturated rings. The summed E-state index contributed by atoms with van der Waals surface area (Å²) in [7, 11) is 0. The number of rotatable bonds is 3. The molecule has 1 aliphatic heterocycles. The number of hydrogen-bond acceptors (Lipinski definition) is 5. The summed E-state index contributed by atoms with van der Waals surface area (Å²) < 4.78 is 12.9. The minimum Gasteiger partial charge on any atom is -0.306 e. The van der Waals surface area contributed by atoms with E-state index in [9.17, 15) is 19.3 Å². The van der Waals surface area contributed by atoms with Gasteiger partial charge >= 0.3 is 11.8 Å². The van der Waals surface area contributed by atoms with E-state index in [2.05, 4.69) is 5.10 Å². The second-order valence-electron chi connectivity index (χ2n) is 4.55. The number of amides is 1. The molecule has 1 aromatic heterocycles. The number of nitro groups is 1. The van der Waals surface area contributed by atoms with Gasteiger partial charge in [0.1, 0.15) is 12.4 Å². The van der Waals surface area contributed by atoms with Crippen LogP contribution in [-0.2, 0) is 6.67 Å². The van der Waals surface area contributed by atoms with Gasteiger partial charge in [-0.25, -0.2) is 9.18 Å². The van der Waals surface area contributed by atoms with Crippen molar-refractivity contribution >= 4 is 11.8 Å². The Morgan fingerprint density at radius 2 is 2.10 bits per heavy atom. The highest BCUT2D eigenvalue weighted by Crippen LogP contribution is 2.23. The molecule has 0 radical (unpaired) electrons. The Hall–Kier alpha value is -2.19. The van der Waals surface area contributed by atoms with Gasteiger partial charge in [0.2, 0.25) is 0 Å². The molecule has 0 aromatic carbocycles. The lowest BCUT2D eigenvalue weighted by Crippen LogP contribution is -2.41. The van der Waals surface area contributed by atoms with Gasteiger partial charge in [-0.15, -0.1) is 5.10 Å². The average Bonchev–Trinajstić information content (AvgIpc) is 2.75. The molecule has 1 aliphatic rings. The van der Waals surface area contributed by atoms with Crippen LogP contribution in [0.25, 0.3) is 0 Å². The van der Waals surface area contributed by atoms with E-state index in [1.54, 1.807) is 0 Å². The fourth-order valence-electron chi connectivity index (χ4n) is 2.18. The van der Waals surface area contributed by atoms with Crippen LogP contribution in [0, 0.1) is 17.0 Å². The zero-order chi connectivity index (χ0) is 14.7. The minimum absolute atomic E-state index is 0.00842. The third-order valence-electron chi connectivity index (χ3n) is 3.18. The first kappa shape index (κ1) is 14.2. The normalized spacial score (nSPS) is 15.2. The fraction of sp³-hybridized carbons (Fsp3) is 0.636. The molecular weight excluding hydrogens is 271 g/mol. The van der Waals surface area contributed by atoms with E-state index in [0.717, 1.165) is 19.3 Å². The maximum absolute atomic E-state index is 12.9. The van der Waals surface area contributed by atoms with Crippen LogP contribution in [0.15, 0.2) is 0 Å². The Kier molecular flexibility index (Phi) is 4.16. The van der Waals surface area contributed by atoms with Crippen molar-refractivity contribution in [2.75, 3.05) is 13.1 Å². The Morgan fingerprint density at radius 3 is 2.65 bits per heavy atom. The van der Waals surface area contributed by atoms with Crippen LogP contribution in [0.2, 0.25) is 0 Å². The van der Waals surface area contributed by atoms with Crippen molar-refractivity contribution in [2.24, 2.45) is 0 Å². The van der Waals surface area contributed by atoms with Crippen molar-refractivity contribution in [3.63, 3.8) is 0 Å². The predicted octanol–water partition coefficient (Wildman–Crippen LogP) is 1.60. The van der Waals surface area contributed by atoms with Crippen molar-refractivity contribution in [1.29, 1.82) is 0 Å². The summed E-state index contributed by atoms with van der Waals surface area (Å²) in [4.78, 5) is 29.0. The first-order valence-corrected chi connectivity index (χ1v) is 6.30. The summed E-state index contributed by atoms with van der Waals surface area (Å²) in [6, 6.07) is 0. The minimum atomic E-state index is -1.13. The molecule has 110 valence electrons. The summed E-state index contributed by atoms with van der Waals surface area (Å²) in [5.74, 6) is 0. The predicted molar refractivity (Wildman–Crippen MR) is 65.8 cm³/mol. The molecule has 0 bridgehead atoms. The lowest BCUT2D eigenvalue weighted by molar-refractivity contribution is -0.386. The number of aryl methyl sites for hydroxylation is 1. The van der Waals surface area contributed by atoms with Gasteiger partial charge in [0.25, 0.3) is 0 Å². The molecule has 1 aromatic rings. The van der Waals surface area contributed by atoms with Gasteiger partial charge in [0, 0.05) is 13.1 Å². The van der Waals surface area contributed by atoms with E-state index < -0.39 is 23.4 Å². The first-order valence-electron chi connectivity index (χ1n) is 6.30. The number of carbonyl (C=O) groups is 1. The largest absolute Gasteiger partial charge is 0.435 e. The van der Waals surface area contributed by atoms with Crippen molar-refractivity contribution in [3.8, 4) is 0 Å². The Balaban J connectivity index is 2.18. The molecule has 8 nitrogen and oxygen atoms in total. The zero-order valence-corrected chi connectivity index (χ0v) is 11.0. The quantitative estimate of drug-likeness (QED) is 0.622. The summed E-state index contributed by atoms with van der Waals surface area (Å²) in [5, 5.41) is 14.5. The van der Waals surface area contributed by atoms with Gasteiger partial charge in [0.15, 0.2) is 5.69 Å². The van der Waals surface area contributed by atoms with Crippen LogP contribution in [0.5, 0.6) is 0 Å². The number of piperidine rings is 1. The van der Waals surface area contributed by atoms with Gasteiger partial charge in [-0.05, 0) is 26.2 Å². The van der Waals surface area contributed by atoms with Crippen LogP contribution in [-0.4, -0.2) is 38.9 Å². The zero-order valence-electron chi connectivity index (χ0n) is 11.0. The van der Waals surface area contributed by atoms with Crippen LogP contribution in [0.3, 0.4) is 0 Å². The molecule has 0 saturated carbocycles. The topological polar surface area (TPSA) is 90.5 Å². The summed E-state index contributed by atoms with van der Waals surface area (Å²) >= 11 is 0. The van der Waals surface area contributed by atoms with Gasteiger partial charge in [-0.3, -0.25) is 15.0 Å². The van der Waals surface area contributed by atoms with E-state index >= 15 is 0 Å². The number of hydrogen-bond donors (Lipinski definition) is 0. The number of alkyl halides is 1. The molecule has 0 N–H and O–H groups in total. The van der Waals surface area contributed by atoms with Gasteiger partial charge in [-0.1, -0.05) is 4.85 Å². The maximum Gasteiger partial charge on any atom is 0.435 e. The molecule has 1 saturated heterocycles. The van der Waals surface area contributed by atoms with E-state index in [1.807, 2.05) is 0 Å². The number of likely N-dealkylation sites (tertiary alicyclic amines) is 1. The number of halogens is 1. The molecule has 20 heavy (non-hydrogen) atoms. The highest BCUT2D eigenvalue weighted by Gasteiger charge is 2.28. The van der Waals surface area contributed by atoms with E-state index in [-0.39, 0.29) is 11.4 Å². The van der Waals surface area contributed by atoms with Crippen molar-refractivity contribution in [2.45, 2.75) is 32.9 Å². The maximum atomic E-state index is 12.9. The molecular formula is C11H15FN4O4. The van der Waals surface area contributed by atoms with Crippen LogP contribution in [0.4, 0.5) is 14.9 Å². The molecule has 2 heterocycles. The van der Waals surface area contributed by atoms with E-state index in [4.69, 9.17) is 4.84 Å². The smallest absolute Gasteiger partial charge is 0.306 e. The molecule has 1 amide bonds. The Bertz CT molecular complexity index is 525. The summed E-state index contributed by atoms with van der Waals surface area (Å²) in [6.45, 7) is 1.35. The second kappa shape index (κ2) is 5.85. The van der Waals surface area contributed by atoms with E-state index in [1.165, 1.54) is 11.8 Å². The Morgan fingerprint density at radius 1 is 1.45 bits per heavy atom. The van der Waals surface area contributed by atoms with Crippen molar-refractivity contribution in [3.05, 3.63) is 21.5 Å². The SMILES string of the molecule is Cc1nn(OC(=O)N2CCCCC2)c(CF)c1[N+](=O)[O-]. The Labute approximate surface area is 114 Å². The fourth-order valence-corrected chi connectivity index (χ4v) is 2.18. The molecule has 2 rings (SSSR count). The number of aromatic nitrogens is 2. The highest BCUT2D eigenvalue weighted by molar-refractivity contribution is 5.68. The average molecular weight is 286 g/mol. The molecule has 0 spiro atoms. The number of nitrogens with zero attached hydrogens (tertiary/aromatic N) is 4. The molecule has 0 atom stereocenters. The lowest BCUT2D eigenvalue weighted by atomic mass is 10.1. The molecule has 9 heteroatoms. The third kappa shape index (κ3) is 2.70. The highest BCUT2D eigenvalue weighted by atomic mass is 19.1. The van der Waals surface area contributed by atoms with E-state index in [0.29, 0.717) is 17.9 Å².